The predicted octanol–water partition coefficient (Wildman–Crippen LogP) is 0.914. The van der Waals surface area contributed by atoms with E-state index in [9.17, 15) is 4.79 Å². The van der Waals surface area contributed by atoms with E-state index in [1.165, 1.54) is 18.2 Å². The fraction of sp³-hybridized carbons (Fsp3) is 0.467. The normalized spacial score (nSPS) is 17.2. The van der Waals surface area contributed by atoms with Gasteiger partial charge in [0.15, 0.2) is 5.82 Å². The molecule has 1 amide bonds. The molecule has 4 rings (SSSR count). The third-order valence-electron chi connectivity index (χ3n) is 4.51. The topological polar surface area (TPSA) is 75.4 Å². The maximum atomic E-state index is 12.2. The van der Waals surface area contributed by atoms with E-state index in [-0.39, 0.29) is 17.7 Å². The van der Waals surface area contributed by atoms with Gasteiger partial charge >= 0.3 is 0 Å². The number of amides is 1. The summed E-state index contributed by atoms with van der Waals surface area (Å²) in [6.45, 7) is 1.54. The van der Waals surface area contributed by atoms with Gasteiger partial charge in [-0.2, -0.15) is 5.10 Å². The molecule has 0 saturated carbocycles. The summed E-state index contributed by atoms with van der Waals surface area (Å²) in [7, 11) is 1.79. The first-order valence-corrected chi connectivity index (χ1v) is 7.50. The zero-order valence-corrected chi connectivity index (χ0v) is 12.4. The molecule has 0 radical (unpaired) electrons. The number of aromatic nitrogens is 3. The van der Waals surface area contributed by atoms with Gasteiger partial charge in [-0.15, -0.1) is 5.10 Å². The van der Waals surface area contributed by atoms with Gasteiger partial charge in [0.05, 0.1) is 17.9 Å². The summed E-state index contributed by atoms with van der Waals surface area (Å²) >= 11 is 0. The first-order chi connectivity index (χ1) is 10.7. The summed E-state index contributed by atoms with van der Waals surface area (Å²) < 4.78 is 4.92. The van der Waals surface area contributed by atoms with E-state index in [1.807, 2.05) is 0 Å². The third-order valence-corrected chi connectivity index (χ3v) is 4.51. The largest absolute Gasteiger partial charge is 0.351 e. The van der Waals surface area contributed by atoms with Gasteiger partial charge in [-0.25, -0.2) is 0 Å². The number of likely N-dealkylation sites (N-methyl/N-ethyl adjacent to an activating group) is 1. The second kappa shape index (κ2) is 5.08. The second-order valence-corrected chi connectivity index (χ2v) is 5.88. The van der Waals surface area contributed by atoms with Crippen LogP contribution in [-0.2, 0) is 12.8 Å². The van der Waals surface area contributed by atoms with Crippen LogP contribution in [0.5, 0.6) is 0 Å². The molecule has 22 heavy (non-hydrogen) atoms. The highest BCUT2D eigenvalue weighted by atomic mass is 16.5. The third kappa shape index (κ3) is 2.13. The Morgan fingerprint density at radius 2 is 2.23 bits per heavy atom. The molecule has 0 N–H and O–H groups in total. The van der Waals surface area contributed by atoms with Crippen LogP contribution >= 0.6 is 0 Å². The van der Waals surface area contributed by atoms with Crippen LogP contribution in [0.15, 0.2) is 22.9 Å². The van der Waals surface area contributed by atoms with Crippen LogP contribution in [0.3, 0.4) is 0 Å². The van der Waals surface area contributed by atoms with Crippen molar-refractivity contribution in [3.63, 3.8) is 0 Å². The summed E-state index contributed by atoms with van der Waals surface area (Å²) in [6, 6.07) is 3.89. The summed E-state index contributed by atoms with van der Waals surface area (Å²) in [5.74, 6) is 1.05. The Labute approximate surface area is 127 Å². The van der Waals surface area contributed by atoms with Crippen LogP contribution in [0.1, 0.15) is 28.2 Å². The lowest BCUT2D eigenvalue weighted by molar-refractivity contribution is 0.0663. The van der Waals surface area contributed by atoms with Crippen LogP contribution < -0.4 is 4.90 Å². The molecule has 2 aromatic rings. The van der Waals surface area contributed by atoms with E-state index >= 15 is 0 Å². The highest BCUT2D eigenvalue weighted by Gasteiger charge is 2.35. The number of carbonyl (C=O) groups is 1. The van der Waals surface area contributed by atoms with Crippen molar-refractivity contribution in [3.05, 3.63) is 35.3 Å². The molecule has 0 bridgehead atoms. The smallest absolute Gasteiger partial charge is 0.292 e. The fourth-order valence-electron chi connectivity index (χ4n) is 3.02. The first-order valence-electron chi connectivity index (χ1n) is 7.50. The quantitative estimate of drug-likeness (QED) is 0.838. The average molecular weight is 299 g/mol. The minimum absolute atomic E-state index is 0.137. The summed E-state index contributed by atoms with van der Waals surface area (Å²) in [5, 5.41) is 12.2. The molecule has 3 heterocycles. The van der Waals surface area contributed by atoms with Crippen LogP contribution in [0.2, 0.25) is 0 Å². The van der Waals surface area contributed by atoms with Gasteiger partial charge in [0.25, 0.3) is 5.91 Å². The molecule has 7 nitrogen and oxygen atoms in total. The number of fused-ring (bicyclic) bond motifs is 1. The van der Waals surface area contributed by atoms with Crippen molar-refractivity contribution >= 4 is 11.7 Å². The lowest BCUT2D eigenvalue weighted by atomic mass is 10.1. The number of rotatable bonds is 3. The van der Waals surface area contributed by atoms with Gasteiger partial charge in [-0.3, -0.25) is 4.79 Å². The fourth-order valence-corrected chi connectivity index (χ4v) is 3.02. The molecule has 1 fully saturated rings. The molecule has 1 aliphatic heterocycles. The lowest BCUT2D eigenvalue weighted by Gasteiger charge is -2.44. The maximum absolute atomic E-state index is 12.2. The average Bonchev–Trinajstić information content (AvgIpc) is 3.15. The number of aryl methyl sites for hydroxylation is 2. The predicted molar refractivity (Wildman–Crippen MR) is 78.7 cm³/mol. The van der Waals surface area contributed by atoms with Gasteiger partial charge in [0.2, 0.25) is 5.76 Å². The SMILES string of the molecule is CN(C(=O)c1ccno1)C1CN(c2cc3c(nn2)CCC3)C1. The molecule has 114 valence electrons. The van der Waals surface area contributed by atoms with Crippen molar-refractivity contribution in [1.29, 1.82) is 0 Å². The number of nitrogens with zero attached hydrogens (tertiary/aromatic N) is 5. The van der Waals surface area contributed by atoms with Gasteiger partial charge in [-0.05, 0) is 30.9 Å². The van der Waals surface area contributed by atoms with Crippen molar-refractivity contribution < 1.29 is 9.32 Å². The van der Waals surface area contributed by atoms with E-state index in [4.69, 9.17) is 4.52 Å². The van der Waals surface area contributed by atoms with E-state index in [1.54, 1.807) is 18.0 Å². The standard InChI is InChI=1S/C15H17N5O2/c1-19(15(21)13-5-6-16-22-13)11-8-20(9-11)14-7-10-3-2-4-12(10)17-18-14/h5-7,11H,2-4,8-9H2,1H3. The van der Waals surface area contributed by atoms with Crippen molar-refractivity contribution in [3.8, 4) is 0 Å². The Kier molecular flexibility index (Phi) is 3.06. The Balaban J connectivity index is 1.40. The van der Waals surface area contributed by atoms with Crippen LogP contribution in [0.4, 0.5) is 5.82 Å². The maximum Gasteiger partial charge on any atom is 0.292 e. The minimum atomic E-state index is -0.137. The number of carbonyl (C=O) groups excluding carboxylic acids is 1. The molecule has 1 saturated heterocycles. The van der Waals surface area contributed by atoms with Crippen molar-refractivity contribution in [2.45, 2.75) is 25.3 Å². The van der Waals surface area contributed by atoms with Gasteiger partial charge in [0.1, 0.15) is 0 Å². The highest BCUT2D eigenvalue weighted by Crippen LogP contribution is 2.26. The molecular weight excluding hydrogens is 282 g/mol. The molecule has 0 unspecified atom stereocenters. The molecule has 1 aliphatic carbocycles. The zero-order valence-electron chi connectivity index (χ0n) is 12.4. The molecule has 0 atom stereocenters. The second-order valence-electron chi connectivity index (χ2n) is 5.88. The molecule has 0 aromatic carbocycles. The van der Waals surface area contributed by atoms with Gasteiger partial charge in [0, 0.05) is 26.2 Å². The Hall–Kier alpha value is -2.44. The molecule has 2 aliphatic rings. The molecular formula is C15H17N5O2. The summed E-state index contributed by atoms with van der Waals surface area (Å²) in [6.07, 6.45) is 4.79. The van der Waals surface area contributed by atoms with Gasteiger partial charge in [-0.1, -0.05) is 5.16 Å². The zero-order chi connectivity index (χ0) is 15.1. The van der Waals surface area contributed by atoms with Crippen LogP contribution in [0, 0.1) is 0 Å². The van der Waals surface area contributed by atoms with Crippen molar-refractivity contribution in [2.75, 3.05) is 25.0 Å². The van der Waals surface area contributed by atoms with Gasteiger partial charge < -0.3 is 14.3 Å². The monoisotopic (exact) mass is 299 g/mol. The van der Waals surface area contributed by atoms with E-state index in [0.717, 1.165) is 37.4 Å². The van der Waals surface area contributed by atoms with E-state index in [0.29, 0.717) is 0 Å². The minimum Gasteiger partial charge on any atom is -0.351 e. The highest BCUT2D eigenvalue weighted by molar-refractivity contribution is 5.91. The Morgan fingerprint density at radius 1 is 1.36 bits per heavy atom. The Bertz CT molecular complexity index is 694. The molecule has 2 aromatic heterocycles. The summed E-state index contributed by atoms with van der Waals surface area (Å²) in [5.41, 5.74) is 2.46. The lowest BCUT2D eigenvalue weighted by Crippen LogP contribution is -2.60. The number of anilines is 1. The van der Waals surface area contributed by atoms with E-state index < -0.39 is 0 Å². The Morgan fingerprint density at radius 3 is 3.00 bits per heavy atom. The molecule has 7 heteroatoms. The first kappa shape index (κ1) is 13.2. The molecule has 0 spiro atoms. The van der Waals surface area contributed by atoms with Crippen molar-refractivity contribution in [1.82, 2.24) is 20.3 Å². The van der Waals surface area contributed by atoms with Crippen molar-refractivity contribution in [2.24, 2.45) is 0 Å². The van der Waals surface area contributed by atoms with Crippen LogP contribution in [0.25, 0.3) is 0 Å². The van der Waals surface area contributed by atoms with E-state index in [2.05, 4.69) is 26.3 Å². The number of hydrogen-bond acceptors (Lipinski definition) is 6. The summed E-state index contributed by atoms with van der Waals surface area (Å²) in [4.78, 5) is 16.0. The number of hydrogen-bond donors (Lipinski definition) is 0. The van der Waals surface area contributed by atoms with Crippen LogP contribution in [-0.4, -0.2) is 52.3 Å².